The fourth-order valence-corrected chi connectivity index (χ4v) is 2.65. The van der Waals surface area contributed by atoms with Gasteiger partial charge in [0.25, 0.3) is 0 Å². The molecule has 0 aliphatic heterocycles. The maximum absolute atomic E-state index is 13.3. The second kappa shape index (κ2) is 9.92. The molecular weight excluding hydrogens is 367 g/mol. The fraction of sp³-hybridized carbons (Fsp3) is 0.300. The predicted octanol–water partition coefficient (Wildman–Crippen LogP) is 3.79. The normalized spacial score (nSPS) is 11.2. The van der Waals surface area contributed by atoms with Crippen LogP contribution >= 0.6 is 11.6 Å². The van der Waals surface area contributed by atoms with Crippen LogP contribution in [0.2, 0.25) is 5.02 Å². The van der Waals surface area contributed by atoms with Crippen LogP contribution in [-0.4, -0.2) is 25.5 Å². The second-order valence-corrected chi connectivity index (χ2v) is 6.55. The molecule has 0 radical (unpaired) electrons. The van der Waals surface area contributed by atoms with Gasteiger partial charge in [0.15, 0.2) is 5.96 Å². The monoisotopic (exact) mass is 390 g/mol. The summed E-state index contributed by atoms with van der Waals surface area (Å²) in [6.07, 6.45) is 0.280. The first-order chi connectivity index (χ1) is 12.9. The number of amides is 1. The van der Waals surface area contributed by atoms with E-state index in [0.29, 0.717) is 35.3 Å². The zero-order valence-electron chi connectivity index (χ0n) is 15.7. The van der Waals surface area contributed by atoms with Crippen molar-refractivity contribution in [3.05, 3.63) is 63.9 Å². The number of benzene rings is 2. The van der Waals surface area contributed by atoms with Gasteiger partial charge < -0.3 is 16.0 Å². The van der Waals surface area contributed by atoms with Crippen molar-refractivity contribution in [2.75, 3.05) is 18.9 Å². The van der Waals surface area contributed by atoms with E-state index in [2.05, 4.69) is 20.9 Å². The van der Waals surface area contributed by atoms with Gasteiger partial charge in [-0.05, 0) is 48.7 Å². The zero-order chi connectivity index (χ0) is 19.8. The molecule has 0 bridgehead atoms. The highest BCUT2D eigenvalue weighted by atomic mass is 35.5. The van der Waals surface area contributed by atoms with E-state index in [1.54, 1.807) is 38.2 Å². The molecule has 7 heteroatoms. The Kier molecular flexibility index (Phi) is 7.61. The van der Waals surface area contributed by atoms with Crippen molar-refractivity contribution in [3.63, 3.8) is 0 Å². The Balaban J connectivity index is 1.77. The number of anilines is 1. The van der Waals surface area contributed by atoms with E-state index in [-0.39, 0.29) is 18.1 Å². The number of nitrogens with one attached hydrogen (secondary N) is 3. The third kappa shape index (κ3) is 6.25. The molecule has 0 unspecified atom stereocenters. The van der Waals surface area contributed by atoms with Crippen LogP contribution in [-0.2, 0) is 11.3 Å². The average molecular weight is 391 g/mol. The minimum atomic E-state index is -0.220. The molecule has 0 fully saturated rings. The number of carbonyl (C=O) groups is 1. The molecule has 0 aliphatic rings. The van der Waals surface area contributed by atoms with Crippen molar-refractivity contribution in [3.8, 4) is 0 Å². The summed E-state index contributed by atoms with van der Waals surface area (Å²) >= 11 is 6.06. The molecular formula is C20H24ClFN4O. The quantitative estimate of drug-likeness (QED) is 0.519. The maximum Gasteiger partial charge on any atom is 0.226 e. The molecule has 0 saturated heterocycles. The number of hydrogen-bond donors (Lipinski definition) is 3. The Bertz CT molecular complexity index is 839. The molecule has 0 spiro atoms. The van der Waals surface area contributed by atoms with Crippen LogP contribution in [0.15, 0.2) is 41.4 Å². The molecule has 2 rings (SSSR count). The summed E-state index contributed by atoms with van der Waals surface area (Å²) in [7, 11) is 1.65. The van der Waals surface area contributed by atoms with Gasteiger partial charge in [0.1, 0.15) is 5.82 Å². The van der Waals surface area contributed by atoms with E-state index in [1.807, 2.05) is 13.0 Å². The van der Waals surface area contributed by atoms with Gasteiger partial charge >= 0.3 is 0 Å². The predicted molar refractivity (Wildman–Crippen MR) is 109 cm³/mol. The first-order valence-electron chi connectivity index (χ1n) is 8.65. The molecule has 0 aromatic heterocycles. The van der Waals surface area contributed by atoms with Gasteiger partial charge in [-0.25, -0.2) is 4.39 Å². The molecule has 3 N–H and O–H groups in total. The summed E-state index contributed by atoms with van der Waals surface area (Å²) in [5.41, 5.74) is 3.10. The largest absolute Gasteiger partial charge is 0.356 e. The van der Waals surface area contributed by atoms with Gasteiger partial charge in [0.05, 0.1) is 0 Å². The highest BCUT2D eigenvalue weighted by Gasteiger charge is 2.07. The van der Waals surface area contributed by atoms with Crippen LogP contribution < -0.4 is 16.0 Å². The number of carbonyl (C=O) groups excluding carboxylic acids is 1. The number of halogens is 2. The third-order valence-electron chi connectivity index (χ3n) is 4.09. The SMILES string of the molecule is CN=C(NCCC(=O)Nc1cccc(Cl)c1C)NCc1ccc(F)c(C)c1. The molecule has 0 atom stereocenters. The first-order valence-corrected chi connectivity index (χ1v) is 9.03. The average Bonchev–Trinajstić information content (AvgIpc) is 2.64. The van der Waals surface area contributed by atoms with E-state index >= 15 is 0 Å². The Hall–Kier alpha value is -2.60. The first kappa shape index (κ1) is 20.7. The van der Waals surface area contributed by atoms with Crippen LogP contribution in [0.1, 0.15) is 23.1 Å². The third-order valence-corrected chi connectivity index (χ3v) is 4.50. The smallest absolute Gasteiger partial charge is 0.226 e. The van der Waals surface area contributed by atoms with Crippen LogP contribution in [0.25, 0.3) is 0 Å². The summed E-state index contributed by atoms with van der Waals surface area (Å²) in [5.74, 6) is 0.239. The number of nitrogens with zero attached hydrogens (tertiary/aromatic N) is 1. The van der Waals surface area contributed by atoms with Crippen molar-refractivity contribution in [1.82, 2.24) is 10.6 Å². The topological polar surface area (TPSA) is 65.5 Å². The van der Waals surface area contributed by atoms with E-state index < -0.39 is 0 Å². The zero-order valence-corrected chi connectivity index (χ0v) is 16.5. The van der Waals surface area contributed by atoms with E-state index in [1.165, 1.54) is 6.07 Å². The minimum Gasteiger partial charge on any atom is -0.356 e. The van der Waals surface area contributed by atoms with Gasteiger partial charge in [-0.3, -0.25) is 9.79 Å². The van der Waals surface area contributed by atoms with E-state index in [9.17, 15) is 9.18 Å². The van der Waals surface area contributed by atoms with Crippen LogP contribution in [0, 0.1) is 19.7 Å². The molecule has 0 saturated carbocycles. The number of guanidine groups is 1. The number of aliphatic imine (C=N–C) groups is 1. The molecule has 2 aromatic rings. The summed E-state index contributed by atoms with van der Waals surface area (Å²) < 4.78 is 13.3. The van der Waals surface area contributed by atoms with Crippen LogP contribution in [0.5, 0.6) is 0 Å². The number of rotatable bonds is 6. The Labute approximate surface area is 164 Å². The van der Waals surface area contributed by atoms with Gasteiger partial charge in [0, 0.05) is 37.3 Å². The summed E-state index contributed by atoms with van der Waals surface area (Å²) in [6, 6.07) is 10.4. The van der Waals surface area contributed by atoms with Crippen LogP contribution in [0.4, 0.5) is 10.1 Å². The minimum absolute atomic E-state index is 0.113. The molecule has 2 aromatic carbocycles. The number of hydrogen-bond acceptors (Lipinski definition) is 2. The summed E-state index contributed by atoms with van der Waals surface area (Å²) in [6.45, 7) is 4.52. The lowest BCUT2D eigenvalue weighted by Gasteiger charge is -2.13. The van der Waals surface area contributed by atoms with Gasteiger partial charge in [-0.15, -0.1) is 0 Å². The Morgan fingerprint density at radius 3 is 2.67 bits per heavy atom. The highest BCUT2D eigenvalue weighted by molar-refractivity contribution is 6.31. The van der Waals surface area contributed by atoms with Gasteiger partial charge in [0.2, 0.25) is 5.91 Å². The number of aryl methyl sites for hydroxylation is 1. The highest BCUT2D eigenvalue weighted by Crippen LogP contribution is 2.22. The lowest BCUT2D eigenvalue weighted by atomic mass is 10.1. The second-order valence-electron chi connectivity index (χ2n) is 6.15. The molecule has 27 heavy (non-hydrogen) atoms. The van der Waals surface area contributed by atoms with Crippen LogP contribution in [0.3, 0.4) is 0 Å². The lowest BCUT2D eigenvalue weighted by molar-refractivity contribution is -0.116. The van der Waals surface area contributed by atoms with Crippen molar-refractivity contribution in [2.24, 2.45) is 4.99 Å². The van der Waals surface area contributed by atoms with E-state index in [0.717, 1.165) is 11.1 Å². The Morgan fingerprint density at radius 2 is 1.96 bits per heavy atom. The Morgan fingerprint density at radius 1 is 1.19 bits per heavy atom. The molecule has 0 aliphatic carbocycles. The standard InChI is InChI=1S/C20H24ClFN4O/c1-13-11-15(7-8-17(13)22)12-25-20(23-3)24-10-9-19(27)26-18-6-4-5-16(21)14(18)2/h4-8,11H,9-10,12H2,1-3H3,(H,26,27)(H2,23,24,25). The fourth-order valence-electron chi connectivity index (χ4n) is 2.47. The molecule has 1 amide bonds. The van der Waals surface area contributed by atoms with Gasteiger partial charge in [-0.2, -0.15) is 0 Å². The van der Waals surface area contributed by atoms with Crippen molar-refractivity contribution < 1.29 is 9.18 Å². The van der Waals surface area contributed by atoms with Gasteiger partial charge in [-0.1, -0.05) is 29.8 Å². The van der Waals surface area contributed by atoms with Crippen molar-refractivity contribution >= 4 is 29.2 Å². The summed E-state index contributed by atoms with van der Waals surface area (Å²) in [5, 5.41) is 9.70. The molecule has 144 valence electrons. The molecule has 0 heterocycles. The van der Waals surface area contributed by atoms with Crippen molar-refractivity contribution in [1.29, 1.82) is 0 Å². The lowest BCUT2D eigenvalue weighted by Crippen LogP contribution is -2.38. The summed E-state index contributed by atoms with van der Waals surface area (Å²) in [4.78, 5) is 16.2. The molecule has 5 nitrogen and oxygen atoms in total. The van der Waals surface area contributed by atoms with E-state index in [4.69, 9.17) is 11.6 Å². The van der Waals surface area contributed by atoms with Crippen molar-refractivity contribution in [2.45, 2.75) is 26.8 Å². The maximum atomic E-state index is 13.3.